The molecule has 4 rings (SSSR count). The van der Waals surface area contributed by atoms with Gasteiger partial charge in [-0.2, -0.15) is 0 Å². The number of hydrogen-bond acceptors (Lipinski definition) is 5. The summed E-state index contributed by atoms with van der Waals surface area (Å²) in [4.78, 5) is 27.6. The standard InChI is InChI=1S/C20H26N4O3/c1-12-8-9-14-13(10-12)20(2,23-22-14)19(26)21-15-11-27-17-7-5-4-6-16(17)24(3)18(15)25/h4-7,12,15,22-23H,8-11H2,1-3H3,(H,21,26)/t12?,15-,20?/m0/s1. The maximum Gasteiger partial charge on any atom is 0.252 e. The fourth-order valence-electron chi connectivity index (χ4n) is 4.09. The predicted octanol–water partition coefficient (Wildman–Crippen LogP) is 1.47. The summed E-state index contributed by atoms with van der Waals surface area (Å²) >= 11 is 0. The number of carbonyl (C=O) groups is 2. The van der Waals surface area contributed by atoms with Crippen molar-refractivity contribution < 1.29 is 14.3 Å². The van der Waals surface area contributed by atoms with Crippen LogP contribution in [0.3, 0.4) is 0 Å². The van der Waals surface area contributed by atoms with Gasteiger partial charge >= 0.3 is 0 Å². The first-order valence-electron chi connectivity index (χ1n) is 9.46. The van der Waals surface area contributed by atoms with Gasteiger partial charge in [0.05, 0.1) is 5.69 Å². The van der Waals surface area contributed by atoms with E-state index in [0.29, 0.717) is 17.4 Å². The van der Waals surface area contributed by atoms with Crippen LogP contribution >= 0.6 is 0 Å². The number of ether oxygens (including phenoxy) is 1. The van der Waals surface area contributed by atoms with E-state index in [4.69, 9.17) is 4.74 Å². The Hall–Kier alpha value is -2.54. The van der Waals surface area contributed by atoms with Crippen LogP contribution in [0.1, 0.15) is 33.1 Å². The number of hydrazine groups is 1. The quantitative estimate of drug-likeness (QED) is 0.734. The molecule has 0 radical (unpaired) electrons. The van der Waals surface area contributed by atoms with Gasteiger partial charge in [0.2, 0.25) is 5.91 Å². The summed E-state index contributed by atoms with van der Waals surface area (Å²) in [6.45, 7) is 4.18. The van der Waals surface area contributed by atoms with Gasteiger partial charge in [-0.25, -0.2) is 5.43 Å². The van der Waals surface area contributed by atoms with Gasteiger partial charge in [-0.15, -0.1) is 0 Å². The number of allylic oxidation sites excluding steroid dienone is 1. The van der Waals surface area contributed by atoms with Gasteiger partial charge in [0.1, 0.15) is 23.9 Å². The molecule has 2 heterocycles. The molecular formula is C20H26N4O3. The average Bonchev–Trinajstić information content (AvgIpc) is 2.95. The van der Waals surface area contributed by atoms with E-state index in [1.807, 2.05) is 31.2 Å². The number of anilines is 1. The number of fused-ring (bicyclic) bond motifs is 1. The van der Waals surface area contributed by atoms with Crippen LogP contribution in [0.4, 0.5) is 5.69 Å². The van der Waals surface area contributed by atoms with E-state index < -0.39 is 11.6 Å². The Labute approximate surface area is 159 Å². The molecule has 7 heteroatoms. The van der Waals surface area contributed by atoms with Crippen molar-refractivity contribution in [2.45, 2.75) is 44.7 Å². The molecule has 0 bridgehead atoms. The molecule has 3 N–H and O–H groups in total. The fraction of sp³-hybridized carbons (Fsp3) is 0.500. The monoisotopic (exact) mass is 370 g/mol. The van der Waals surface area contributed by atoms with Crippen LogP contribution in [0.15, 0.2) is 35.5 Å². The van der Waals surface area contributed by atoms with E-state index in [0.717, 1.165) is 30.5 Å². The number of benzene rings is 1. The minimum absolute atomic E-state index is 0.109. The van der Waals surface area contributed by atoms with Crippen molar-refractivity contribution in [1.82, 2.24) is 16.2 Å². The number of rotatable bonds is 2. The normalized spacial score (nSPS) is 30.0. The second kappa shape index (κ2) is 6.56. The van der Waals surface area contributed by atoms with Gasteiger partial charge in [-0.1, -0.05) is 19.1 Å². The van der Waals surface area contributed by atoms with E-state index in [2.05, 4.69) is 23.1 Å². The summed E-state index contributed by atoms with van der Waals surface area (Å²) in [5.74, 6) is 0.786. The van der Waals surface area contributed by atoms with Gasteiger partial charge in [0.25, 0.3) is 5.91 Å². The molecular weight excluding hydrogens is 344 g/mol. The van der Waals surface area contributed by atoms with E-state index >= 15 is 0 Å². The summed E-state index contributed by atoms with van der Waals surface area (Å²) in [5, 5.41) is 2.91. The summed E-state index contributed by atoms with van der Waals surface area (Å²) in [5.41, 5.74) is 8.37. The summed E-state index contributed by atoms with van der Waals surface area (Å²) in [6.07, 6.45) is 2.93. The lowest BCUT2D eigenvalue weighted by molar-refractivity contribution is -0.130. The Bertz CT molecular complexity index is 821. The lowest BCUT2D eigenvalue weighted by Crippen LogP contribution is -2.60. The highest BCUT2D eigenvalue weighted by Gasteiger charge is 2.46. The third-order valence-corrected chi connectivity index (χ3v) is 5.89. The van der Waals surface area contributed by atoms with E-state index in [1.54, 1.807) is 11.9 Å². The Morgan fingerprint density at radius 2 is 2.15 bits per heavy atom. The van der Waals surface area contributed by atoms with Crippen LogP contribution in [0.5, 0.6) is 5.75 Å². The van der Waals surface area contributed by atoms with Crippen LogP contribution in [-0.4, -0.2) is 37.0 Å². The molecule has 1 aromatic carbocycles. The zero-order valence-electron chi connectivity index (χ0n) is 16.0. The van der Waals surface area contributed by atoms with Crippen molar-refractivity contribution in [3.8, 4) is 5.75 Å². The third-order valence-electron chi connectivity index (χ3n) is 5.89. The first-order valence-corrected chi connectivity index (χ1v) is 9.46. The Morgan fingerprint density at radius 1 is 1.37 bits per heavy atom. The van der Waals surface area contributed by atoms with Crippen LogP contribution in [0, 0.1) is 5.92 Å². The number of likely N-dealkylation sites (N-methyl/N-ethyl adjacent to an activating group) is 1. The number of para-hydroxylation sites is 2. The molecule has 2 unspecified atom stereocenters. The SMILES string of the molecule is CC1CCC2=C(C1)C(C)(C(=O)N[C@H]1COc3ccccc3N(C)C1=O)NN2. The fourth-order valence-corrected chi connectivity index (χ4v) is 4.09. The zero-order chi connectivity index (χ0) is 19.2. The number of hydrogen-bond donors (Lipinski definition) is 3. The van der Waals surface area contributed by atoms with Crippen molar-refractivity contribution >= 4 is 17.5 Å². The highest BCUT2D eigenvalue weighted by atomic mass is 16.5. The molecule has 144 valence electrons. The Kier molecular flexibility index (Phi) is 4.34. The third kappa shape index (κ3) is 2.96. The molecule has 0 spiro atoms. The number of nitrogens with zero attached hydrogens (tertiary/aromatic N) is 1. The molecule has 7 nitrogen and oxygen atoms in total. The Morgan fingerprint density at radius 3 is 2.96 bits per heavy atom. The molecule has 3 atom stereocenters. The van der Waals surface area contributed by atoms with E-state index in [1.165, 1.54) is 0 Å². The average molecular weight is 370 g/mol. The number of nitrogens with one attached hydrogen (secondary N) is 3. The lowest BCUT2D eigenvalue weighted by Gasteiger charge is -2.31. The van der Waals surface area contributed by atoms with Crippen molar-refractivity contribution in [3.05, 3.63) is 35.5 Å². The van der Waals surface area contributed by atoms with Crippen molar-refractivity contribution in [1.29, 1.82) is 0 Å². The number of carbonyl (C=O) groups excluding carboxylic acids is 2. The van der Waals surface area contributed by atoms with Gasteiger partial charge < -0.3 is 20.4 Å². The molecule has 2 aliphatic heterocycles. The topological polar surface area (TPSA) is 82.7 Å². The summed E-state index contributed by atoms with van der Waals surface area (Å²) < 4.78 is 5.80. The molecule has 3 aliphatic rings. The van der Waals surface area contributed by atoms with E-state index in [9.17, 15) is 9.59 Å². The van der Waals surface area contributed by atoms with Crippen molar-refractivity contribution in [3.63, 3.8) is 0 Å². The molecule has 2 amide bonds. The molecule has 0 saturated heterocycles. The van der Waals surface area contributed by atoms with Crippen LogP contribution in [-0.2, 0) is 9.59 Å². The predicted molar refractivity (Wildman–Crippen MR) is 102 cm³/mol. The van der Waals surface area contributed by atoms with Crippen LogP contribution < -0.4 is 25.8 Å². The second-order valence-electron chi connectivity index (χ2n) is 7.88. The first kappa shape index (κ1) is 17.9. The van der Waals surface area contributed by atoms with Gasteiger partial charge in [0, 0.05) is 12.7 Å². The molecule has 1 aromatic rings. The highest BCUT2D eigenvalue weighted by molar-refractivity contribution is 6.02. The molecule has 27 heavy (non-hydrogen) atoms. The molecule has 0 saturated carbocycles. The minimum Gasteiger partial charge on any atom is -0.489 e. The maximum atomic E-state index is 13.2. The number of amides is 2. The lowest BCUT2D eigenvalue weighted by atomic mass is 9.79. The zero-order valence-corrected chi connectivity index (χ0v) is 16.0. The van der Waals surface area contributed by atoms with Crippen molar-refractivity contribution in [2.75, 3.05) is 18.6 Å². The van der Waals surface area contributed by atoms with Crippen LogP contribution in [0.25, 0.3) is 0 Å². The second-order valence-corrected chi connectivity index (χ2v) is 7.88. The van der Waals surface area contributed by atoms with Crippen LogP contribution in [0.2, 0.25) is 0 Å². The van der Waals surface area contributed by atoms with Gasteiger partial charge in [0.15, 0.2) is 0 Å². The van der Waals surface area contributed by atoms with Gasteiger partial charge in [-0.3, -0.25) is 9.59 Å². The first-order chi connectivity index (χ1) is 12.9. The van der Waals surface area contributed by atoms with Gasteiger partial charge in [-0.05, 0) is 49.8 Å². The van der Waals surface area contributed by atoms with E-state index in [-0.39, 0.29) is 18.4 Å². The maximum absolute atomic E-state index is 13.2. The summed E-state index contributed by atoms with van der Waals surface area (Å²) in [7, 11) is 1.70. The van der Waals surface area contributed by atoms with Crippen molar-refractivity contribution in [2.24, 2.45) is 5.92 Å². The molecule has 0 fully saturated rings. The minimum atomic E-state index is -0.859. The smallest absolute Gasteiger partial charge is 0.252 e. The summed E-state index contributed by atoms with van der Waals surface area (Å²) in [6, 6.07) is 6.65. The Balaban J connectivity index is 1.53. The highest BCUT2D eigenvalue weighted by Crippen LogP contribution is 2.37. The molecule has 1 aliphatic carbocycles. The molecule has 0 aromatic heterocycles. The largest absolute Gasteiger partial charge is 0.489 e.